The van der Waals surface area contributed by atoms with E-state index in [0.717, 1.165) is 22.9 Å². The summed E-state index contributed by atoms with van der Waals surface area (Å²) in [5, 5.41) is 3.08. The second-order valence-corrected chi connectivity index (χ2v) is 6.21. The molecule has 0 spiro atoms. The van der Waals surface area contributed by atoms with E-state index in [1.54, 1.807) is 7.11 Å². The number of nitrogens with two attached hydrogens (primary N) is 1. The second kappa shape index (κ2) is 7.20. The van der Waals surface area contributed by atoms with Crippen molar-refractivity contribution in [2.45, 2.75) is 31.3 Å². The first kappa shape index (κ1) is 15.5. The Bertz CT molecular complexity index is 446. The Morgan fingerprint density at radius 1 is 1.45 bits per heavy atom. The SMILES string of the molecule is COCC(N)C(=O)NC(c1ccc(Br)cc1)C1CCC1. The lowest BCUT2D eigenvalue weighted by Crippen LogP contribution is -2.47. The Morgan fingerprint density at radius 3 is 2.60 bits per heavy atom. The van der Waals surface area contributed by atoms with Gasteiger partial charge < -0.3 is 15.8 Å². The minimum Gasteiger partial charge on any atom is -0.383 e. The Balaban J connectivity index is 2.08. The van der Waals surface area contributed by atoms with Crippen molar-refractivity contribution in [3.8, 4) is 0 Å². The fraction of sp³-hybridized carbons (Fsp3) is 0.533. The Hall–Kier alpha value is -0.910. The van der Waals surface area contributed by atoms with Crippen molar-refractivity contribution in [2.75, 3.05) is 13.7 Å². The highest BCUT2D eigenvalue weighted by molar-refractivity contribution is 9.10. The van der Waals surface area contributed by atoms with Gasteiger partial charge in [0.05, 0.1) is 12.6 Å². The third-order valence-corrected chi connectivity index (χ3v) is 4.36. The molecule has 20 heavy (non-hydrogen) atoms. The van der Waals surface area contributed by atoms with Gasteiger partial charge in [0.2, 0.25) is 5.91 Å². The Labute approximate surface area is 128 Å². The summed E-state index contributed by atoms with van der Waals surface area (Å²) in [6.07, 6.45) is 3.54. The smallest absolute Gasteiger partial charge is 0.239 e. The first-order valence-electron chi connectivity index (χ1n) is 6.92. The van der Waals surface area contributed by atoms with E-state index in [1.807, 2.05) is 12.1 Å². The monoisotopic (exact) mass is 340 g/mol. The quantitative estimate of drug-likeness (QED) is 0.835. The third kappa shape index (κ3) is 3.81. The van der Waals surface area contributed by atoms with Crippen molar-refractivity contribution >= 4 is 21.8 Å². The molecule has 1 aliphatic carbocycles. The third-order valence-electron chi connectivity index (χ3n) is 3.83. The summed E-state index contributed by atoms with van der Waals surface area (Å²) >= 11 is 3.43. The largest absolute Gasteiger partial charge is 0.383 e. The van der Waals surface area contributed by atoms with Crippen LogP contribution in [0.3, 0.4) is 0 Å². The fourth-order valence-corrected chi connectivity index (χ4v) is 2.70. The second-order valence-electron chi connectivity index (χ2n) is 5.29. The molecule has 1 aliphatic rings. The van der Waals surface area contributed by atoms with Gasteiger partial charge in [0.25, 0.3) is 0 Å². The lowest BCUT2D eigenvalue weighted by molar-refractivity contribution is -0.124. The van der Waals surface area contributed by atoms with E-state index in [-0.39, 0.29) is 18.6 Å². The summed E-state index contributed by atoms with van der Waals surface area (Å²) in [7, 11) is 1.55. The summed E-state index contributed by atoms with van der Waals surface area (Å²) in [6.45, 7) is 0.240. The van der Waals surface area contributed by atoms with Gasteiger partial charge in [-0.1, -0.05) is 34.5 Å². The van der Waals surface area contributed by atoms with Gasteiger partial charge in [-0.05, 0) is 36.5 Å². The number of rotatable bonds is 6. The number of amides is 1. The summed E-state index contributed by atoms with van der Waals surface area (Å²) < 4.78 is 5.97. The zero-order valence-electron chi connectivity index (χ0n) is 11.6. The van der Waals surface area contributed by atoms with E-state index in [2.05, 4.69) is 33.4 Å². The molecule has 1 aromatic rings. The van der Waals surface area contributed by atoms with E-state index in [1.165, 1.54) is 6.42 Å². The van der Waals surface area contributed by atoms with Crippen molar-refractivity contribution in [2.24, 2.45) is 11.7 Å². The molecule has 110 valence electrons. The van der Waals surface area contributed by atoms with E-state index >= 15 is 0 Å². The first-order chi connectivity index (χ1) is 9.61. The van der Waals surface area contributed by atoms with Gasteiger partial charge in [-0.3, -0.25) is 4.79 Å². The minimum absolute atomic E-state index is 0.0484. The molecule has 1 fully saturated rings. The number of carbonyl (C=O) groups excluding carboxylic acids is 1. The van der Waals surface area contributed by atoms with Crippen molar-refractivity contribution in [3.05, 3.63) is 34.3 Å². The van der Waals surface area contributed by atoms with Crippen LogP contribution in [0.2, 0.25) is 0 Å². The standard InChI is InChI=1S/C15H21BrN2O2/c1-20-9-13(17)15(19)18-14(10-3-2-4-10)11-5-7-12(16)8-6-11/h5-8,10,13-14H,2-4,9,17H2,1H3,(H,18,19). The van der Waals surface area contributed by atoms with Gasteiger partial charge in [0, 0.05) is 11.6 Å². The van der Waals surface area contributed by atoms with Gasteiger partial charge in [0.15, 0.2) is 0 Å². The van der Waals surface area contributed by atoms with Crippen LogP contribution in [0.25, 0.3) is 0 Å². The van der Waals surface area contributed by atoms with E-state index in [9.17, 15) is 4.79 Å². The molecule has 2 rings (SSSR count). The fourth-order valence-electron chi connectivity index (χ4n) is 2.43. The molecular weight excluding hydrogens is 320 g/mol. The number of ether oxygens (including phenoxy) is 1. The Kier molecular flexibility index (Phi) is 5.57. The van der Waals surface area contributed by atoms with Crippen LogP contribution in [0.15, 0.2) is 28.7 Å². The van der Waals surface area contributed by atoms with Gasteiger partial charge in [-0.2, -0.15) is 0 Å². The van der Waals surface area contributed by atoms with Crippen molar-refractivity contribution in [1.82, 2.24) is 5.32 Å². The van der Waals surface area contributed by atoms with Crippen molar-refractivity contribution < 1.29 is 9.53 Å². The minimum atomic E-state index is -0.613. The number of benzene rings is 1. The molecule has 1 saturated carbocycles. The normalized spacial score (nSPS) is 18.1. The highest BCUT2D eigenvalue weighted by atomic mass is 79.9. The lowest BCUT2D eigenvalue weighted by Gasteiger charge is -2.35. The van der Waals surface area contributed by atoms with Crippen LogP contribution < -0.4 is 11.1 Å². The molecule has 3 N–H and O–H groups in total. The lowest BCUT2D eigenvalue weighted by atomic mass is 9.77. The maximum atomic E-state index is 12.1. The van der Waals surface area contributed by atoms with E-state index < -0.39 is 6.04 Å². The number of methoxy groups -OCH3 is 1. The molecule has 1 aromatic carbocycles. The molecule has 2 atom stereocenters. The summed E-state index contributed by atoms with van der Waals surface area (Å²) in [4.78, 5) is 12.1. The zero-order chi connectivity index (χ0) is 14.5. The molecular formula is C15H21BrN2O2. The summed E-state index contributed by atoms with van der Waals surface area (Å²) in [5.74, 6) is 0.363. The molecule has 5 heteroatoms. The molecule has 0 heterocycles. The predicted molar refractivity (Wildman–Crippen MR) is 82.2 cm³/mol. The number of carbonyl (C=O) groups is 1. The van der Waals surface area contributed by atoms with Crippen molar-refractivity contribution in [1.29, 1.82) is 0 Å². The van der Waals surface area contributed by atoms with Gasteiger partial charge in [0.1, 0.15) is 6.04 Å². The molecule has 0 radical (unpaired) electrons. The number of hydrogen-bond acceptors (Lipinski definition) is 3. The zero-order valence-corrected chi connectivity index (χ0v) is 13.2. The average molecular weight is 341 g/mol. The molecule has 4 nitrogen and oxygen atoms in total. The topological polar surface area (TPSA) is 64.3 Å². The number of hydrogen-bond donors (Lipinski definition) is 2. The molecule has 1 amide bonds. The van der Waals surface area contributed by atoms with Crippen molar-refractivity contribution in [3.63, 3.8) is 0 Å². The molecule has 0 saturated heterocycles. The van der Waals surface area contributed by atoms with Gasteiger partial charge in [-0.25, -0.2) is 0 Å². The van der Waals surface area contributed by atoms with Crippen LogP contribution in [0.4, 0.5) is 0 Å². The molecule has 2 unspecified atom stereocenters. The maximum Gasteiger partial charge on any atom is 0.239 e. The Morgan fingerprint density at radius 2 is 2.10 bits per heavy atom. The molecule has 0 aliphatic heterocycles. The van der Waals surface area contributed by atoms with Gasteiger partial charge >= 0.3 is 0 Å². The number of nitrogens with one attached hydrogen (secondary N) is 1. The maximum absolute atomic E-state index is 12.1. The van der Waals surface area contributed by atoms with Crippen LogP contribution >= 0.6 is 15.9 Å². The van der Waals surface area contributed by atoms with Crippen LogP contribution in [-0.2, 0) is 9.53 Å². The van der Waals surface area contributed by atoms with Crippen LogP contribution in [0.5, 0.6) is 0 Å². The van der Waals surface area contributed by atoms with E-state index in [0.29, 0.717) is 5.92 Å². The van der Waals surface area contributed by atoms with Crippen LogP contribution in [0, 0.1) is 5.92 Å². The summed E-state index contributed by atoms with van der Waals surface area (Å²) in [6, 6.07) is 7.54. The molecule has 0 aromatic heterocycles. The van der Waals surface area contributed by atoms with E-state index in [4.69, 9.17) is 10.5 Å². The highest BCUT2D eigenvalue weighted by Gasteiger charge is 2.30. The van der Waals surface area contributed by atoms with Crippen LogP contribution in [0.1, 0.15) is 30.9 Å². The average Bonchev–Trinajstić information content (AvgIpc) is 2.37. The van der Waals surface area contributed by atoms with Gasteiger partial charge in [-0.15, -0.1) is 0 Å². The van der Waals surface area contributed by atoms with Crippen LogP contribution in [-0.4, -0.2) is 25.7 Å². The molecule has 0 bridgehead atoms. The first-order valence-corrected chi connectivity index (χ1v) is 7.71. The summed E-state index contributed by atoms with van der Waals surface area (Å²) in [5.41, 5.74) is 6.93. The predicted octanol–water partition coefficient (Wildman–Crippen LogP) is 2.38. The highest BCUT2D eigenvalue weighted by Crippen LogP contribution is 2.38. The number of halogens is 1.